The van der Waals surface area contributed by atoms with Gasteiger partial charge in [0.1, 0.15) is 12.4 Å². The highest BCUT2D eigenvalue weighted by Crippen LogP contribution is 2.28. The van der Waals surface area contributed by atoms with E-state index in [1.54, 1.807) is 19.2 Å². The standard InChI is InChI=1S/C21H24N2O4/c1-26-19-4-2-3-16(11-19)13-27-14-20(24)23(18-9-10-18)12-15-5-7-17(8-6-15)21(22)25/h2-8,11,18H,9-10,12-14H2,1H3,(H2,22,25). The second kappa shape index (κ2) is 8.68. The number of nitrogens with zero attached hydrogens (tertiary/aromatic N) is 1. The van der Waals surface area contributed by atoms with E-state index in [2.05, 4.69) is 0 Å². The van der Waals surface area contributed by atoms with E-state index in [0.717, 1.165) is 29.7 Å². The van der Waals surface area contributed by atoms with E-state index in [-0.39, 0.29) is 18.6 Å². The number of hydrogen-bond acceptors (Lipinski definition) is 4. The lowest BCUT2D eigenvalue weighted by atomic mass is 10.1. The van der Waals surface area contributed by atoms with E-state index in [1.807, 2.05) is 41.3 Å². The zero-order chi connectivity index (χ0) is 19.2. The topological polar surface area (TPSA) is 81.9 Å². The van der Waals surface area contributed by atoms with E-state index < -0.39 is 5.91 Å². The minimum absolute atomic E-state index is 0.0284. The Labute approximate surface area is 158 Å². The first kappa shape index (κ1) is 18.9. The van der Waals surface area contributed by atoms with E-state index in [9.17, 15) is 9.59 Å². The summed E-state index contributed by atoms with van der Waals surface area (Å²) in [5.74, 6) is 0.281. The summed E-state index contributed by atoms with van der Waals surface area (Å²) in [6, 6.07) is 14.9. The first-order valence-electron chi connectivity index (χ1n) is 8.95. The maximum absolute atomic E-state index is 12.6. The maximum Gasteiger partial charge on any atom is 0.249 e. The van der Waals surface area contributed by atoms with Gasteiger partial charge in [0.05, 0.1) is 13.7 Å². The Balaban J connectivity index is 1.54. The molecule has 2 amide bonds. The Morgan fingerprint density at radius 2 is 1.85 bits per heavy atom. The quantitative estimate of drug-likeness (QED) is 0.737. The molecule has 0 atom stereocenters. The van der Waals surface area contributed by atoms with E-state index >= 15 is 0 Å². The zero-order valence-electron chi connectivity index (χ0n) is 15.4. The van der Waals surface area contributed by atoms with Crippen LogP contribution < -0.4 is 10.5 Å². The highest BCUT2D eigenvalue weighted by Gasteiger charge is 2.32. The molecule has 0 aliphatic heterocycles. The number of primary amides is 1. The van der Waals surface area contributed by atoms with Crippen molar-refractivity contribution in [1.29, 1.82) is 0 Å². The molecule has 2 aromatic carbocycles. The zero-order valence-corrected chi connectivity index (χ0v) is 15.4. The largest absolute Gasteiger partial charge is 0.497 e. The molecule has 2 N–H and O–H groups in total. The van der Waals surface area contributed by atoms with Gasteiger partial charge in [-0.05, 0) is 48.2 Å². The van der Waals surface area contributed by atoms with Crippen LogP contribution >= 0.6 is 0 Å². The van der Waals surface area contributed by atoms with Crippen molar-refractivity contribution < 1.29 is 19.1 Å². The third-order valence-electron chi connectivity index (χ3n) is 4.53. The monoisotopic (exact) mass is 368 g/mol. The summed E-state index contributed by atoms with van der Waals surface area (Å²) < 4.78 is 10.8. The second-order valence-electron chi connectivity index (χ2n) is 6.66. The summed E-state index contributed by atoms with van der Waals surface area (Å²) in [7, 11) is 1.62. The Morgan fingerprint density at radius 1 is 1.11 bits per heavy atom. The van der Waals surface area contributed by atoms with Crippen LogP contribution in [0, 0.1) is 0 Å². The molecule has 3 rings (SSSR count). The summed E-state index contributed by atoms with van der Waals surface area (Å²) >= 11 is 0. The normalized spacial score (nSPS) is 13.2. The number of benzene rings is 2. The van der Waals surface area contributed by atoms with Gasteiger partial charge >= 0.3 is 0 Å². The fraction of sp³-hybridized carbons (Fsp3) is 0.333. The lowest BCUT2D eigenvalue weighted by molar-refractivity contribution is -0.137. The number of carbonyl (C=O) groups excluding carboxylic acids is 2. The molecule has 6 heteroatoms. The first-order chi connectivity index (χ1) is 13.1. The maximum atomic E-state index is 12.6. The van der Waals surface area contributed by atoms with Crippen LogP contribution in [0.3, 0.4) is 0 Å². The predicted octanol–water partition coefficient (Wildman–Crippen LogP) is 2.50. The molecule has 6 nitrogen and oxygen atoms in total. The molecule has 27 heavy (non-hydrogen) atoms. The second-order valence-corrected chi connectivity index (χ2v) is 6.66. The van der Waals surface area contributed by atoms with Crippen LogP contribution in [0.4, 0.5) is 0 Å². The van der Waals surface area contributed by atoms with Crippen molar-refractivity contribution in [3.63, 3.8) is 0 Å². The van der Waals surface area contributed by atoms with Crippen molar-refractivity contribution in [2.75, 3.05) is 13.7 Å². The Kier molecular flexibility index (Phi) is 6.08. The van der Waals surface area contributed by atoms with Crippen molar-refractivity contribution in [3.05, 3.63) is 65.2 Å². The van der Waals surface area contributed by atoms with Gasteiger partial charge < -0.3 is 20.1 Å². The molecule has 2 aromatic rings. The van der Waals surface area contributed by atoms with Crippen LogP contribution in [0.1, 0.15) is 34.3 Å². The van der Waals surface area contributed by atoms with Gasteiger partial charge in [-0.15, -0.1) is 0 Å². The van der Waals surface area contributed by atoms with Gasteiger partial charge in [-0.3, -0.25) is 9.59 Å². The minimum atomic E-state index is -0.456. The van der Waals surface area contributed by atoms with Gasteiger partial charge in [-0.2, -0.15) is 0 Å². The number of hydrogen-bond donors (Lipinski definition) is 1. The van der Waals surface area contributed by atoms with Gasteiger partial charge in [0.2, 0.25) is 11.8 Å². The third-order valence-corrected chi connectivity index (χ3v) is 4.53. The highest BCUT2D eigenvalue weighted by molar-refractivity contribution is 5.92. The molecule has 0 spiro atoms. The van der Waals surface area contributed by atoms with Gasteiger partial charge in [-0.1, -0.05) is 24.3 Å². The van der Waals surface area contributed by atoms with Crippen molar-refractivity contribution in [1.82, 2.24) is 4.90 Å². The van der Waals surface area contributed by atoms with Crippen LogP contribution in [0.2, 0.25) is 0 Å². The van der Waals surface area contributed by atoms with Gasteiger partial charge in [0.15, 0.2) is 0 Å². The number of carbonyl (C=O) groups is 2. The molecule has 1 aliphatic carbocycles. The molecule has 1 aliphatic rings. The molecule has 0 radical (unpaired) electrons. The SMILES string of the molecule is COc1cccc(COCC(=O)N(Cc2ccc(C(N)=O)cc2)C2CC2)c1. The van der Waals surface area contributed by atoms with E-state index in [1.165, 1.54) is 0 Å². The number of methoxy groups -OCH3 is 1. The Morgan fingerprint density at radius 3 is 2.48 bits per heavy atom. The Hall–Kier alpha value is -2.86. The van der Waals surface area contributed by atoms with Gasteiger partial charge in [-0.25, -0.2) is 0 Å². The fourth-order valence-electron chi connectivity index (χ4n) is 2.88. The highest BCUT2D eigenvalue weighted by atomic mass is 16.5. The Bertz CT molecular complexity index is 800. The van der Waals surface area contributed by atoms with Crippen molar-refractivity contribution in [2.24, 2.45) is 5.73 Å². The van der Waals surface area contributed by atoms with Gasteiger partial charge in [0, 0.05) is 18.2 Å². The molecular formula is C21H24N2O4. The fourth-order valence-corrected chi connectivity index (χ4v) is 2.88. The lowest BCUT2D eigenvalue weighted by Crippen LogP contribution is -2.35. The van der Waals surface area contributed by atoms with Crippen LogP contribution in [0.25, 0.3) is 0 Å². The molecule has 0 bridgehead atoms. The average molecular weight is 368 g/mol. The van der Waals surface area contributed by atoms with E-state index in [0.29, 0.717) is 18.7 Å². The summed E-state index contributed by atoms with van der Waals surface area (Å²) in [6.45, 7) is 0.896. The van der Waals surface area contributed by atoms with E-state index in [4.69, 9.17) is 15.2 Å². The number of rotatable bonds is 9. The van der Waals surface area contributed by atoms with Crippen molar-refractivity contribution in [2.45, 2.75) is 32.0 Å². The number of amides is 2. The van der Waals surface area contributed by atoms with Crippen LogP contribution in [-0.2, 0) is 22.7 Å². The van der Waals surface area contributed by atoms with Gasteiger partial charge in [0.25, 0.3) is 0 Å². The first-order valence-corrected chi connectivity index (χ1v) is 8.95. The van der Waals surface area contributed by atoms with Crippen molar-refractivity contribution >= 4 is 11.8 Å². The summed E-state index contributed by atoms with van der Waals surface area (Å²) in [5.41, 5.74) is 7.65. The molecule has 142 valence electrons. The third kappa shape index (κ3) is 5.31. The lowest BCUT2D eigenvalue weighted by Gasteiger charge is -2.22. The molecule has 0 aromatic heterocycles. The molecule has 0 unspecified atom stereocenters. The smallest absolute Gasteiger partial charge is 0.249 e. The predicted molar refractivity (Wildman–Crippen MR) is 101 cm³/mol. The summed E-state index contributed by atoms with van der Waals surface area (Å²) in [6.07, 6.45) is 2.03. The summed E-state index contributed by atoms with van der Waals surface area (Å²) in [5, 5.41) is 0. The van der Waals surface area contributed by atoms with Crippen LogP contribution in [0.15, 0.2) is 48.5 Å². The number of nitrogens with two attached hydrogens (primary N) is 1. The molecule has 0 heterocycles. The molecule has 0 saturated heterocycles. The van der Waals surface area contributed by atoms with Crippen molar-refractivity contribution in [3.8, 4) is 5.75 Å². The van der Waals surface area contributed by atoms with Crippen LogP contribution in [0.5, 0.6) is 5.75 Å². The molecular weight excluding hydrogens is 344 g/mol. The minimum Gasteiger partial charge on any atom is -0.497 e. The average Bonchev–Trinajstić information content (AvgIpc) is 3.51. The summed E-state index contributed by atoms with van der Waals surface area (Å²) in [4.78, 5) is 25.6. The van der Waals surface area contributed by atoms with Crippen LogP contribution in [-0.4, -0.2) is 36.5 Å². The molecule has 1 fully saturated rings. The number of ether oxygens (including phenoxy) is 2. The molecule has 1 saturated carbocycles.